The first-order chi connectivity index (χ1) is 19.6. The molecule has 3 saturated heterocycles. The highest BCUT2D eigenvalue weighted by Crippen LogP contribution is 2.53. The van der Waals surface area contributed by atoms with Gasteiger partial charge in [0.05, 0.1) is 31.5 Å². The predicted octanol–water partition coefficient (Wildman–Crippen LogP) is 5.08. The van der Waals surface area contributed by atoms with E-state index in [1.165, 1.54) is 15.9 Å². The highest BCUT2D eigenvalue weighted by atomic mass is 28.4. The van der Waals surface area contributed by atoms with Crippen LogP contribution in [0.5, 0.6) is 0 Å². The molecule has 0 amide bonds. The molecule has 7 atom stereocenters. The van der Waals surface area contributed by atoms with Crippen molar-refractivity contribution in [1.82, 2.24) is 0 Å². The van der Waals surface area contributed by atoms with E-state index in [0.717, 1.165) is 25.7 Å². The smallest absolute Gasteiger partial charge is 0.261 e. The highest BCUT2D eigenvalue weighted by Gasteiger charge is 2.60. The van der Waals surface area contributed by atoms with Gasteiger partial charge in [-0.1, -0.05) is 100 Å². The van der Waals surface area contributed by atoms with Gasteiger partial charge in [-0.3, -0.25) is 0 Å². The minimum absolute atomic E-state index is 0.0302. The molecule has 7 heteroatoms. The van der Waals surface area contributed by atoms with Gasteiger partial charge in [0.1, 0.15) is 6.10 Å². The fourth-order valence-electron chi connectivity index (χ4n) is 7.78. The zero-order valence-electron chi connectivity index (χ0n) is 25.2. The van der Waals surface area contributed by atoms with Crippen LogP contribution in [-0.2, 0) is 23.4 Å². The largest absolute Gasteiger partial charge is 0.405 e. The van der Waals surface area contributed by atoms with Crippen molar-refractivity contribution in [2.75, 3.05) is 13.2 Å². The predicted molar refractivity (Wildman–Crippen MR) is 162 cm³/mol. The third-order valence-corrected chi connectivity index (χ3v) is 14.6. The first-order valence-corrected chi connectivity index (χ1v) is 17.2. The van der Waals surface area contributed by atoms with Gasteiger partial charge in [-0.2, -0.15) is 0 Å². The summed E-state index contributed by atoms with van der Waals surface area (Å²) in [5.41, 5.74) is 1.19. The van der Waals surface area contributed by atoms with Crippen LogP contribution in [0.3, 0.4) is 0 Å². The Bertz CT molecular complexity index is 1190. The Labute approximate surface area is 246 Å². The monoisotopic (exact) mass is 578 g/mol. The molecule has 222 valence electrons. The average molecular weight is 579 g/mol. The van der Waals surface area contributed by atoms with E-state index in [9.17, 15) is 5.11 Å². The summed E-state index contributed by atoms with van der Waals surface area (Å²) in [6.45, 7) is 11.7. The van der Waals surface area contributed by atoms with Crippen LogP contribution in [-0.4, -0.2) is 62.6 Å². The zero-order chi connectivity index (χ0) is 28.9. The Morgan fingerprint density at radius 3 is 2.20 bits per heavy atom. The van der Waals surface area contributed by atoms with E-state index in [2.05, 4.69) is 95.3 Å². The van der Waals surface area contributed by atoms with Crippen LogP contribution in [0.1, 0.15) is 66.7 Å². The molecule has 0 saturated carbocycles. The molecule has 2 spiro atoms. The lowest BCUT2D eigenvalue weighted by atomic mass is 9.86. The van der Waals surface area contributed by atoms with E-state index in [1.807, 2.05) is 6.08 Å². The number of benzene rings is 2. The van der Waals surface area contributed by atoms with Crippen molar-refractivity contribution < 1.29 is 28.5 Å². The topological polar surface area (TPSA) is 66.4 Å². The molecule has 2 aromatic carbocycles. The summed E-state index contributed by atoms with van der Waals surface area (Å²) in [5, 5.41) is 12.3. The van der Waals surface area contributed by atoms with Crippen molar-refractivity contribution in [3.8, 4) is 0 Å². The Morgan fingerprint density at radius 2 is 1.59 bits per heavy atom. The molecule has 4 heterocycles. The van der Waals surface area contributed by atoms with E-state index >= 15 is 0 Å². The van der Waals surface area contributed by atoms with Gasteiger partial charge in [0, 0.05) is 31.6 Å². The Morgan fingerprint density at radius 1 is 0.927 bits per heavy atom. The second kappa shape index (κ2) is 11.0. The molecule has 4 aliphatic rings. The van der Waals surface area contributed by atoms with Crippen LogP contribution in [0.2, 0.25) is 5.04 Å². The lowest BCUT2D eigenvalue weighted by molar-refractivity contribution is -0.369. The van der Waals surface area contributed by atoms with Crippen molar-refractivity contribution in [3.05, 3.63) is 72.3 Å². The maximum Gasteiger partial charge on any atom is 0.261 e. The summed E-state index contributed by atoms with van der Waals surface area (Å²) < 4.78 is 33.8. The Kier molecular flexibility index (Phi) is 7.86. The fraction of sp³-hybridized carbons (Fsp3) is 0.588. The third kappa shape index (κ3) is 5.28. The average Bonchev–Trinajstić information content (AvgIpc) is 3.50. The fourth-order valence-corrected chi connectivity index (χ4v) is 12.4. The first-order valence-electron chi connectivity index (χ1n) is 15.3. The molecular weight excluding hydrogens is 532 g/mol. The summed E-state index contributed by atoms with van der Waals surface area (Å²) in [4.78, 5) is 0. The molecular formula is C34H46O6Si. The van der Waals surface area contributed by atoms with E-state index in [1.54, 1.807) is 0 Å². The second-order valence-corrected chi connectivity index (χ2v) is 18.0. The molecule has 0 radical (unpaired) electrons. The molecule has 2 aromatic rings. The lowest BCUT2D eigenvalue weighted by Gasteiger charge is -2.46. The van der Waals surface area contributed by atoms with Gasteiger partial charge in [0.2, 0.25) is 0 Å². The number of rotatable bonds is 6. The lowest BCUT2D eigenvalue weighted by Crippen LogP contribution is -2.67. The van der Waals surface area contributed by atoms with E-state index in [0.29, 0.717) is 13.0 Å². The quantitative estimate of drug-likeness (QED) is 0.381. The normalized spacial score (nSPS) is 35.6. The molecule has 0 unspecified atom stereocenters. The van der Waals surface area contributed by atoms with Crippen LogP contribution in [0, 0.1) is 5.92 Å². The number of hydrogen-bond acceptors (Lipinski definition) is 6. The maximum absolute atomic E-state index is 9.78. The van der Waals surface area contributed by atoms with Crippen LogP contribution in [0.25, 0.3) is 0 Å². The maximum atomic E-state index is 9.78. The first kappa shape index (κ1) is 29.2. The van der Waals surface area contributed by atoms with Gasteiger partial charge >= 0.3 is 0 Å². The van der Waals surface area contributed by atoms with Crippen molar-refractivity contribution in [3.63, 3.8) is 0 Å². The molecule has 3 fully saturated rings. The van der Waals surface area contributed by atoms with Crippen molar-refractivity contribution in [2.45, 2.75) is 108 Å². The molecule has 6 rings (SSSR count). The van der Waals surface area contributed by atoms with E-state index < -0.39 is 19.9 Å². The highest BCUT2D eigenvalue weighted by molar-refractivity contribution is 6.99. The van der Waals surface area contributed by atoms with Gasteiger partial charge in [-0.05, 0) is 28.8 Å². The van der Waals surface area contributed by atoms with Crippen molar-refractivity contribution >= 4 is 18.7 Å². The molecule has 0 aliphatic carbocycles. The number of aliphatic hydroxyl groups is 1. The standard InChI is InChI=1S/C34H46O6Si/c1-24-18-26(22-35)38-33(21-24)16-17-34(40-33)25(2)19-30-31(39-34)20-27(37-30)23-36-41(32(3,4)5,28-12-8-6-9-13-28)29-14-10-7-11-15-29/h6-15,18,25-27,30-31,35H,16-17,19-23H2,1-5H3/t25-,26+,27+,30-,31-,33-,34-/m1/s1. The molecule has 1 N–H and O–H groups in total. The van der Waals surface area contributed by atoms with Gasteiger partial charge in [-0.25, -0.2) is 0 Å². The summed E-state index contributed by atoms with van der Waals surface area (Å²) in [7, 11) is -2.64. The van der Waals surface area contributed by atoms with E-state index in [4.69, 9.17) is 23.4 Å². The minimum atomic E-state index is -2.64. The van der Waals surface area contributed by atoms with Crippen LogP contribution < -0.4 is 10.4 Å². The Hall–Kier alpha value is -1.84. The number of hydrogen-bond donors (Lipinski definition) is 1. The number of ether oxygens (including phenoxy) is 4. The minimum Gasteiger partial charge on any atom is -0.405 e. The summed E-state index contributed by atoms with van der Waals surface area (Å²) in [5.74, 6) is -1.24. The number of aliphatic hydroxyl groups excluding tert-OH is 1. The second-order valence-electron chi connectivity index (χ2n) is 13.7. The van der Waals surface area contributed by atoms with Gasteiger partial charge in [0.25, 0.3) is 8.32 Å². The summed E-state index contributed by atoms with van der Waals surface area (Å²) in [6, 6.07) is 21.5. The van der Waals surface area contributed by atoms with Gasteiger partial charge < -0.3 is 28.5 Å². The van der Waals surface area contributed by atoms with Crippen LogP contribution in [0.4, 0.5) is 0 Å². The van der Waals surface area contributed by atoms with Crippen LogP contribution in [0.15, 0.2) is 72.3 Å². The van der Waals surface area contributed by atoms with Gasteiger partial charge in [-0.15, -0.1) is 0 Å². The molecule has 0 bridgehead atoms. The number of fused-ring (bicyclic) bond motifs is 1. The Balaban J connectivity index is 1.19. The van der Waals surface area contributed by atoms with E-state index in [-0.39, 0.29) is 42.0 Å². The van der Waals surface area contributed by atoms with Crippen molar-refractivity contribution in [2.24, 2.45) is 5.92 Å². The summed E-state index contributed by atoms with van der Waals surface area (Å²) >= 11 is 0. The van der Waals surface area contributed by atoms with Crippen LogP contribution >= 0.6 is 0 Å². The third-order valence-electron chi connectivity index (χ3n) is 9.65. The molecule has 41 heavy (non-hydrogen) atoms. The summed E-state index contributed by atoms with van der Waals surface area (Å²) in [6.07, 6.45) is 5.54. The zero-order valence-corrected chi connectivity index (χ0v) is 26.2. The molecule has 4 aliphatic heterocycles. The van der Waals surface area contributed by atoms with Gasteiger partial charge in [0.15, 0.2) is 11.6 Å². The molecule has 0 aromatic heterocycles. The van der Waals surface area contributed by atoms with Crippen molar-refractivity contribution in [1.29, 1.82) is 0 Å². The SMILES string of the molecule is CC1=C[C@@H](CO)O[C@@]2(CC[C@@]3(O[C@@H]4C[C@@H](CO[Si](c5ccccc5)(c5ccccc5)C(C)(C)C)O[C@@H]4C[C@H]3C)O2)C1. The molecule has 6 nitrogen and oxygen atoms in total.